The van der Waals surface area contributed by atoms with Crippen molar-refractivity contribution in [3.8, 4) is 29.0 Å². The Morgan fingerprint density at radius 1 is 1.20 bits per heavy atom. The second-order valence-electron chi connectivity index (χ2n) is 13.5. The molecule has 0 amide bonds. The van der Waals surface area contributed by atoms with Gasteiger partial charge in [-0.05, 0) is 37.1 Å². The van der Waals surface area contributed by atoms with E-state index >= 15 is 22.0 Å². The lowest BCUT2D eigenvalue weighted by Gasteiger charge is -2.31. The molecule has 0 radical (unpaired) electrons. The molecule has 2 aromatic carbocycles. The number of phenolic OH excluding ortho intramolecular Hbond substituents is 1. The van der Waals surface area contributed by atoms with Gasteiger partial charge in [-0.3, -0.25) is 4.90 Å². The fourth-order valence-corrected chi connectivity index (χ4v) is 8.79. The first kappa shape index (κ1) is 36.1. The fraction of sp³-hybridized carbons (Fsp3) is 0.306. The quantitative estimate of drug-likeness (QED) is 0.108. The summed E-state index contributed by atoms with van der Waals surface area (Å²) >= 11 is 0.605. The molecule has 2 aliphatic rings. The number of anilines is 3. The number of nitriles is 1. The zero-order chi connectivity index (χ0) is 38.8. The lowest BCUT2D eigenvalue weighted by atomic mass is 9.91. The zero-order valence-corrected chi connectivity index (χ0v) is 29.2. The molecule has 6 aromatic rings. The molecule has 2 saturated heterocycles. The molecule has 0 spiro atoms. The molecule has 2 aliphatic heterocycles. The number of benzene rings is 2. The molecule has 6 N–H and O–H groups in total. The fourth-order valence-electron chi connectivity index (χ4n) is 7.84. The Morgan fingerprint density at radius 2 is 2.02 bits per heavy atom. The average Bonchev–Trinajstić information content (AvgIpc) is 3.92. The summed E-state index contributed by atoms with van der Waals surface area (Å²) in [5.74, 6) is -4.39. The normalized spacial score (nSPS) is 19.2. The van der Waals surface area contributed by atoms with Gasteiger partial charge in [0.15, 0.2) is 5.82 Å². The lowest BCUT2D eigenvalue weighted by Crippen LogP contribution is -2.43. The third-order valence-electron chi connectivity index (χ3n) is 10.2. The van der Waals surface area contributed by atoms with Crippen LogP contribution in [-0.4, -0.2) is 61.5 Å². The van der Waals surface area contributed by atoms with Crippen molar-refractivity contribution in [2.45, 2.75) is 49.6 Å². The topological polar surface area (TPSA) is 185 Å². The number of nitrogen functional groups attached to an aromatic ring is 2. The van der Waals surface area contributed by atoms with Gasteiger partial charge in [-0.25, -0.2) is 18.2 Å². The maximum Gasteiger partial charge on any atom is 0.420 e. The molecule has 0 aliphatic carbocycles. The van der Waals surface area contributed by atoms with E-state index in [-0.39, 0.29) is 52.5 Å². The van der Waals surface area contributed by atoms with E-state index in [0.29, 0.717) is 35.4 Å². The van der Waals surface area contributed by atoms with Crippen molar-refractivity contribution in [3.05, 3.63) is 76.8 Å². The molecule has 284 valence electrons. The van der Waals surface area contributed by atoms with Crippen LogP contribution in [0.2, 0.25) is 0 Å². The second-order valence-corrected chi connectivity index (χ2v) is 14.6. The van der Waals surface area contributed by atoms with E-state index in [2.05, 4.69) is 25.4 Å². The van der Waals surface area contributed by atoms with Crippen LogP contribution in [0.4, 0.5) is 43.0 Å². The number of fused-ring (bicyclic) bond motifs is 3. The smallest absolute Gasteiger partial charge is 0.420 e. The van der Waals surface area contributed by atoms with Crippen molar-refractivity contribution < 1.29 is 40.7 Å². The van der Waals surface area contributed by atoms with Crippen molar-refractivity contribution >= 4 is 49.0 Å². The lowest BCUT2D eigenvalue weighted by molar-refractivity contribution is -0.138. The highest BCUT2D eigenvalue weighted by Crippen LogP contribution is 2.52. The van der Waals surface area contributed by atoms with Gasteiger partial charge < -0.3 is 31.2 Å². The first-order valence-corrected chi connectivity index (χ1v) is 17.7. The number of nitrogens with one attached hydrogen (secondary N) is 1. The number of halogens is 6. The van der Waals surface area contributed by atoms with Gasteiger partial charge in [-0.2, -0.15) is 28.4 Å². The van der Waals surface area contributed by atoms with E-state index < -0.39 is 80.7 Å². The zero-order valence-electron chi connectivity index (χ0n) is 28.4. The first-order valence-electron chi connectivity index (χ1n) is 16.9. The molecule has 0 unspecified atom stereocenters. The Labute approximate surface area is 311 Å². The van der Waals surface area contributed by atoms with Crippen LogP contribution in [0.1, 0.15) is 47.6 Å². The van der Waals surface area contributed by atoms with E-state index in [1.807, 2.05) is 4.90 Å². The monoisotopic (exact) mass is 781 g/mol. The number of ether oxygens (including phenoxy) is 1. The summed E-state index contributed by atoms with van der Waals surface area (Å²) in [6.07, 6.45) is -0.799. The van der Waals surface area contributed by atoms with Crippen LogP contribution in [0.15, 0.2) is 47.4 Å². The van der Waals surface area contributed by atoms with E-state index in [4.69, 9.17) is 20.7 Å². The predicted molar refractivity (Wildman–Crippen MR) is 190 cm³/mol. The minimum absolute atomic E-state index is 0.0473. The average molecular weight is 782 g/mol. The molecule has 2 fully saturated rings. The Bertz CT molecular complexity index is 2510. The number of nitrogens with two attached hydrogens (primary N) is 2. The molecule has 0 saturated carbocycles. The number of hydrogen-bond acceptors (Lipinski definition) is 13. The van der Waals surface area contributed by atoms with Gasteiger partial charge in [0.05, 0.1) is 33.4 Å². The van der Waals surface area contributed by atoms with Crippen LogP contribution in [-0.2, 0) is 12.6 Å². The Kier molecular flexibility index (Phi) is 8.84. The molecule has 3 atom stereocenters. The third-order valence-corrected chi connectivity index (χ3v) is 11.3. The number of nitrogens with zero attached hydrogens (tertiary/aromatic N) is 6. The van der Waals surface area contributed by atoms with Crippen molar-refractivity contribution in [3.63, 3.8) is 0 Å². The second kappa shape index (κ2) is 13.5. The Hall–Kier alpha value is -5.87. The van der Waals surface area contributed by atoms with Crippen LogP contribution in [0.25, 0.3) is 32.1 Å². The highest BCUT2D eigenvalue weighted by atomic mass is 32.1. The van der Waals surface area contributed by atoms with E-state index in [1.165, 1.54) is 18.7 Å². The summed E-state index contributed by atoms with van der Waals surface area (Å²) in [6.45, 7) is 0.696. The van der Waals surface area contributed by atoms with Crippen LogP contribution in [0.3, 0.4) is 0 Å². The number of pyridine rings is 1. The van der Waals surface area contributed by atoms with Crippen LogP contribution in [0, 0.1) is 23.0 Å². The number of rotatable bonds is 9. The molecule has 19 heteroatoms. The predicted octanol–water partition coefficient (Wildman–Crippen LogP) is 7.28. The van der Waals surface area contributed by atoms with Crippen molar-refractivity contribution in [2.24, 2.45) is 0 Å². The summed E-state index contributed by atoms with van der Waals surface area (Å²) < 4.78 is 103. The number of hydrogen-bond donors (Lipinski definition) is 4. The molecule has 8 rings (SSSR count). The summed E-state index contributed by atoms with van der Waals surface area (Å²) in [7, 11) is 0. The highest BCUT2D eigenvalue weighted by Gasteiger charge is 2.49. The van der Waals surface area contributed by atoms with Crippen LogP contribution < -0.4 is 21.5 Å². The largest absolute Gasteiger partial charge is 0.506 e. The van der Waals surface area contributed by atoms with Crippen molar-refractivity contribution in [2.75, 3.05) is 36.5 Å². The minimum atomic E-state index is -5.43. The van der Waals surface area contributed by atoms with Gasteiger partial charge in [0, 0.05) is 47.7 Å². The Balaban J connectivity index is 1.38. The number of phenols is 1. The van der Waals surface area contributed by atoms with Gasteiger partial charge >= 0.3 is 12.2 Å². The molecule has 4 aromatic heterocycles. The standard InChI is InChI=1S/C36H29F6N9O3S/c37-17-10-35(6-2-8-51(35)13-17)15-53-34-49-28-25(33(50-34)48-22(9-16-12-47-54-14-16)18-3-1-7-46-31(18)44)29(52)26(36(40,41)42)24(27(28)39)19-4-5-21(38)30-23(19)20(11-43)32(45)55-30/h1,3-5,7,12,14,17,22,52H,2,6,8-10,13,15,45H2,(H2,44,46)(H,48,49,50)/t17-,22-,35+/m1/s1. The van der Waals surface area contributed by atoms with E-state index in [1.54, 1.807) is 18.2 Å². The van der Waals surface area contributed by atoms with Gasteiger partial charge in [-0.15, -0.1) is 11.3 Å². The maximum atomic E-state index is 17.3. The van der Waals surface area contributed by atoms with Gasteiger partial charge in [0.1, 0.15) is 64.4 Å². The number of alkyl halides is 4. The number of aromatic hydroxyl groups is 1. The molecule has 12 nitrogen and oxygen atoms in total. The summed E-state index contributed by atoms with van der Waals surface area (Å²) in [4.78, 5) is 14.7. The highest BCUT2D eigenvalue weighted by molar-refractivity contribution is 7.23. The third kappa shape index (κ3) is 6.14. The SMILES string of the molecule is N#Cc1c(N)sc2c(F)ccc(-c3c(C(F)(F)F)c(O)c4c(N[C@H](Cc5cnoc5)c5cccnc5N)nc(OC[C@@]56CCCN5C[C@H](F)C6)nc4c3F)c12. The minimum Gasteiger partial charge on any atom is -0.506 e. The number of thiophene rings is 1. The van der Waals surface area contributed by atoms with E-state index in [9.17, 15) is 14.8 Å². The molecule has 55 heavy (non-hydrogen) atoms. The molecule has 6 heterocycles. The molecular weight excluding hydrogens is 753 g/mol. The van der Waals surface area contributed by atoms with Gasteiger partial charge in [0.25, 0.3) is 0 Å². The van der Waals surface area contributed by atoms with Crippen molar-refractivity contribution in [1.82, 2.24) is 25.0 Å². The van der Waals surface area contributed by atoms with Crippen molar-refractivity contribution in [1.29, 1.82) is 5.26 Å². The molecular formula is C36H29F6N9O3S. The summed E-state index contributed by atoms with van der Waals surface area (Å²) in [6, 6.07) is 5.21. The maximum absolute atomic E-state index is 17.3. The van der Waals surface area contributed by atoms with E-state index in [0.717, 1.165) is 18.6 Å². The van der Waals surface area contributed by atoms with Crippen LogP contribution >= 0.6 is 11.3 Å². The van der Waals surface area contributed by atoms with Gasteiger partial charge in [-0.1, -0.05) is 17.3 Å². The summed E-state index contributed by atoms with van der Waals surface area (Å²) in [5, 5.41) is 27.0. The molecule has 0 bridgehead atoms. The summed E-state index contributed by atoms with van der Waals surface area (Å²) in [5.41, 5.74) is 7.57. The van der Waals surface area contributed by atoms with Gasteiger partial charge in [0.2, 0.25) is 0 Å². The Morgan fingerprint density at radius 3 is 2.75 bits per heavy atom. The first-order chi connectivity index (χ1) is 26.3. The van der Waals surface area contributed by atoms with Crippen LogP contribution in [0.5, 0.6) is 11.8 Å². The number of aromatic nitrogens is 4.